The normalized spacial score (nSPS) is 11.8. The monoisotopic (exact) mass is 663 g/mol. The summed E-state index contributed by atoms with van der Waals surface area (Å²) in [7, 11) is 0. The fourth-order valence-electron chi connectivity index (χ4n) is 7.81. The fraction of sp³-hybridized carbons (Fsp3) is 0. The molecule has 242 valence electrons. The van der Waals surface area contributed by atoms with Crippen LogP contribution in [0.15, 0.2) is 180 Å². The maximum absolute atomic E-state index is 6.05. The van der Waals surface area contributed by atoms with Crippen molar-refractivity contribution in [2.45, 2.75) is 0 Å². The molecule has 7 aromatic carbocycles. The molecule has 0 atom stereocenters. The lowest BCUT2D eigenvalue weighted by molar-refractivity contribution is 0.669. The molecular weight excluding hydrogens is 635 g/mol. The van der Waals surface area contributed by atoms with E-state index in [1.54, 1.807) is 0 Å². The van der Waals surface area contributed by atoms with Gasteiger partial charge in [0.15, 0.2) is 0 Å². The van der Waals surface area contributed by atoms with Crippen molar-refractivity contribution >= 4 is 65.6 Å². The first-order valence-corrected chi connectivity index (χ1v) is 17.6. The number of benzene rings is 7. The van der Waals surface area contributed by atoms with Gasteiger partial charge < -0.3 is 8.98 Å². The molecule has 0 N–H and O–H groups in total. The summed E-state index contributed by atoms with van der Waals surface area (Å²) < 4.78 is 8.39. The standard InChI is InChI=1S/C48H29N3O/c1-4-10-43-37(7-1)38-8-2-5-11-44(38)51(43)36-24-19-32(20-25-36)42-27-22-34-18-17-33-21-26-41(49-47(33)48(34)50-42)31-15-13-30(14-16-31)35-23-28-46-40(29-35)39-9-3-6-12-45(39)52-46/h1-29H. The van der Waals surface area contributed by atoms with Gasteiger partial charge in [-0.25, -0.2) is 9.97 Å². The van der Waals surface area contributed by atoms with Crippen LogP contribution in [0.1, 0.15) is 0 Å². The van der Waals surface area contributed by atoms with Crippen molar-refractivity contribution in [1.29, 1.82) is 0 Å². The molecule has 0 bridgehead atoms. The summed E-state index contributed by atoms with van der Waals surface area (Å²) in [5, 5.41) is 6.92. The Morgan fingerprint density at radius 2 is 0.846 bits per heavy atom. The molecular formula is C48H29N3O. The molecule has 52 heavy (non-hydrogen) atoms. The van der Waals surface area contributed by atoms with Crippen LogP contribution in [0, 0.1) is 0 Å². The Hall–Kier alpha value is -7.04. The topological polar surface area (TPSA) is 43.9 Å². The van der Waals surface area contributed by atoms with Crippen molar-refractivity contribution in [1.82, 2.24) is 14.5 Å². The Morgan fingerprint density at radius 3 is 1.48 bits per heavy atom. The fourth-order valence-corrected chi connectivity index (χ4v) is 7.81. The number of nitrogens with zero attached hydrogens (tertiary/aromatic N) is 3. The Kier molecular flexibility index (Phi) is 6.22. The smallest absolute Gasteiger partial charge is 0.135 e. The van der Waals surface area contributed by atoms with Crippen LogP contribution in [-0.2, 0) is 0 Å². The van der Waals surface area contributed by atoms with E-state index in [2.05, 4.69) is 168 Å². The first kappa shape index (κ1) is 28.8. The Labute approximate surface area is 298 Å². The molecule has 4 heterocycles. The van der Waals surface area contributed by atoms with Crippen molar-refractivity contribution in [3.63, 3.8) is 0 Å². The summed E-state index contributed by atoms with van der Waals surface area (Å²) in [6.45, 7) is 0. The molecule has 0 aliphatic heterocycles. The number of rotatable bonds is 4. The molecule has 0 spiro atoms. The molecule has 0 aliphatic rings. The molecule has 0 saturated heterocycles. The average Bonchev–Trinajstić information content (AvgIpc) is 3.76. The van der Waals surface area contributed by atoms with Crippen LogP contribution in [0.25, 0.3) is 105 Å². The van der Waals surface area contributed by atoms with Crippen LogP contribution in [0.3, 0.4) is 0 Å². The molecule has 11 aromatic rings. The van der Waals surface area contributed by atoms with E-state index in [4.69, 9.17) is 14.4 Å². The van der Waals surface area contributed by atoms with Gasteiger partial charge in [0.25, 0.3) is 0 Å². The SMILES string of the molecule is c1ccc2c(c1)oc1ccc(-c3ccc(-c4ccc5ccc6ccc(-c7ccc(-n8c9ccccc9c9ccccc98)cc7)nc6c5n4)cc3)cc12. The summed E-state index contributed by atoms with van der Waals surface area (Å²) >= 11 is 0. The van der Waals surface area contributed by atoms with E-state index in [0.29, 0.717) is 0 Å². The van der Waals surface area contributed by atoms with Gasteiger partial charge in [-0.15, -0.1) is 0 Å². The van der Waals surface area contributed by atoms with Crippen molar-refractivity contribution in [3.8, 4) is 39.3 Å². The van der Waals surface area contributed by atoms with Crippen LogP contribution in [0.4, 0.5) is 0 Å². The highest BCUT2D eigenvalue weighted by molar-refractivity contribution is 6.09. The quantitative estimate of drug-likeness (QED) is 0.176. The Balaban J connectivity index is 0.946. The first-order chi connectivity index (χ1) is 25.7. The summed E-state index contributed by atoms with van der Waals surface area (Å²) in [4.78, 5) is 10.4. The maximum Gasteiger partial charge on any atom is 0.135 e. The second-order valence-electron chi connectivity index (χ2n) is 13.4. The minimum atomic E-state index is 0.903. The van der Waals surface area contributed by atoms with Crippen molar-refractivity contribution in [2.75, 3.05) is 0 Å². The maximum atomic E-state index is 6.05. The molecule has 0 unspecified atom stereocenters. The number of hydrogen-bond donors (Lipinski definition) is 0. The number of hydrogen-bond acceptors (Lipinski definition) is 3. The summed E-state index contributed by atoms with van der Waals surface area (Å²) in [5.74, 6) is 0. The Morgan fingerprint density at radius 1 is 0.365 bits per heavy atom. The minimum Gasteiger partial charge on any atom is -0.456 e. The number of fused-ring (bicyclic) bond motifs is 9. The number of furan rings is 1. The lowest BCUT2D eigenvalue weighted by atomic mass is 10.00. The van der Waals surface area contributed by atoms with E-state index >= 15 is 0 Å². The predicted molar refractivity (Wildman–Crippen MR) is 215 cm³/mol. The summed E-state index contributed by atoms with van der Waals surface area (Å²) in [6.07, 6.45) is 0. The van der Waals surface area contributed by atoms with E-state index in [9.17, 15) is 0 Å². The lowest BCUT2D eigenvalue weighted by Gasteiger charge is -2.10. The number of pyridine rings is 2. The van der Waals surface area contributed by atoms with E-state index in [-0.39, 0.29) is 0 Å². The lowest BCUT2D eigenvalue weighted by Crippen LogP contribution is -1.94. The molecule has 0 radical (unpaired) electrons. The van der Waals surface area contributed by atoms with E-state index in [1.165, 1.54) is 21.8 Å². The van der Waals surface area contributed by atoms with Crippen molar-refractivity contribution in [3.05, 3.63) is 176 Å². The first-order valence-electron chi connectivity index (χ1n) is 17.6. The van der Waals surface area contributed by atoms with Crippen LogP contribution in [0.5, 0.6) is 0 Å². The van der Waals surface area contributed by atoms with Gasteiger partial charge in [-0.1, -0.05) is 121 Å². The van der Waals surface area contributed by atoms with Crippen LogP contribution < -0.4 is 0 Å². The van der Waals surface area contributed by atoms with Gasteiger partial charge in [-0.2, -0.15) is 0 Å². The highest BCUT2D eigenvalue weighted by Crippen LogP contribution is 2.35. The van der Waals surface area contributed by atoms with Gasteiger partial charge in [-0.05, 0) is 65.7 Å². The minimum absolute atomic E-state index is 0.903. The third-order valence-electron chi connectivity index (χ3n) is 10.4. The van der Waals surface area contributed by atoms with Crippen LogP contribution >= 0.6 is 0 Å². The number of para-hydroxylation sites is 3. The predicted octanol–water partition coefficient (Wildman–Crippen LogP) is 12.8. The molecule has 11 rings (SSSR count). The van der Waals surface area contributed by atoms with Gasteiger partial charge in [0.2, 0.25) is 0 Å². The molecule has 4 aromatic heterocycles. The van der Waals surface area contributed by atoms with Gasteiger partial charge in [0, 0.05) is 49.1 Å². The average molecular weight is 664 g/mol. The van der Waals surface area contributed by atoms with Crippen LogP contribution in [-0.4, -0.2) is 14.5 Å². The highest BCUT2D eigenvalue weighted by Gasteiger charge is 2.14. The molecule has 0 saturated carbocycles. The van der Waals surface area contributed by atoms with Gasteiger partial charge in [-0.3, -0.25) is 0 Å². The van der Waals surface area contributed by atoms with Crippen molar-refractivity contribution < 1.29 is 4.42 Å². The van der Waals surface area contributed by atoms with E-state index in [0.717, 1.165) is 83.1 Å². The van der Waals surface area contributed by atoms with E-state index in [1.807, 2.05) is 12.1 Å². The molecule has 0 amide bonds. The Bertz CT molecular complexity index is 3120. The van der Waals surface area contributed by atoms with Gasteiger partial charge in [0.05, 0.1) is 33.5 Å². The molecule has 4 heteroatoms. The second kappa shape index (κ2) is 11.2. The zero-order valence-corrected chi connectivity index (χ0v) is 28.0. The van der Waals surface area contributed by atoms with Gasteiger partial charge >= 0.3 is 0 Å². The summed E-state index contributed by atoms with van der Waals surface area (Å²) in [6, 6.07) is 62.0. The van der Waals surface area contributed by atoms with E-state index < -0.39 is 0 Å². The zero-order valence-electron chi connectivity index (χ0n) is 28.0. The zero-order chi connectivity index (χ0) is 34.2. The highest BCUT2D eigenvalue weighted by atomic mass is 16.3. The second-order valence-corrected chi connectivity index (χ2v) is 13.4. The number of aromatic nitrogens is 3. The third-order valence-corrected chi connectivity index (χ3v) is 10.4. The summed E-state index contributed by atoms with van der Waals surface area (Å²) in [5.41, 5.74) is 13.4. The molecule has 0 fully saturated rings. The molecule has 0 aliphatic carbocycles. The third kappa shape index (κ3) is 4.48. The largest absolute Gasteiger partial charge is 0.456 e. The van der Waals surface area contributed by atoms with Gasteiger partial charge in [0.1, 0.15) is 11.2 Å². The molecule has 4 nitrogen and oxygen atoms in total. The van der Waals surface area contributed by atoms with Crippen molar-refractivity contribution in [2.24, 2.45) is 0 Å². The van der Waals surface area contributed by atoms with Crippen LogP contribution in [0.2, 0.25) is 0 Å².